The zero-order valence-electron chi connectivity index (χ0n) is 7.43. The van der Waals surface area contributed by atoms with E-state index in [-0.39, 0.29) is 0 Å². The van der Waals surface area contributed by atoms with Crippen molar-refractivity contribution in [2.24, 2.45) is 5.11 Å². The van der Waals surface area contributed by atoms with Gasteiger partial charge in [-0.05, 0) is 29.8 Å². The van der Waals surface area contributed by atoms with Crippen LogP contribution in [0.2, 0.25) is 0 Å². The monoisotopic (exact) mass is 197 g/mol. The van der Waals surface area contributed by atoms with E-state index >= 15 is 0 Å². The highest BCUT2D eigenvalue weighted by atomic mass is 32.2. The Bertz CT molecular complexity index is 304. The van der Waals surface area contributed by atoms with Crippen molar-refractivity contribution in [3.05, 3.63) is 34.1 Å². The molecule has 5 heteroatoms. The van der Waals surface area contributed by atoms with Gasteiger partial charge in [0.15, 0.2) is 0 Å². The summed E-state index contributed by atoms with van der Waals surface area (Å²) < 4.78 is 5.25. The summed E-state index contributed by atoms with van der Waals surface area (Å²) >= 11 is 1.71. The summed E-state index contributed by atoms with van der Waals surface area (Å²) in [5, 5.41) is 3.44. The molecule has 70 valence electrons. The van der Waals surface area contributed by atoms with Gasteiger partial charge >= 0.3 is 0 Å². The Kier molecular flexibility index (Phi) is 4.29. The molecule has 1 heterocycles. The van der Waals surface area contributed by atoms with Crippen molar-refractivity contribution in [1.82, 2.24) is 0 Å². The average molecular weight is 197 g/mol. The van der Waals surface area contributed by atoms with E-state index in [1.807, 2.05) is 13.0 Å². The highest BCUT2D eigenvalue weighted by Gasteiger charge is 2.00. The first-order valence-electron chi connectivity index (χ1n) is 3.96. The SMILES string of the molecule is Cc1ccoc1CSCCN=[N+]=[N-]. The summed E-state index contributed by atoms with van der Waals surface area (Å²) in [6, 6.07) is 1.95. The molecule has 0 atom stereocenters. The Balaban J connectivity index is 2.20. The number of hydrogen-bond acceptors (Lipinski definition) is 3. The third-order valence-corrected chi connectivity index (χ3v) is 2.54. The third kappa shape index (κ3) is 3.44. The average Bonchev–Trinajstić information content (AvgIpc) is 2.52. The van der Waals surface area contributed by atoms with E-state index in [0.29, 0.717) is 6.54 Å². The molecule has 1 aromatic rings. The minimum absolute atomic E-state index is 0.543. The second-order valence-electron chi connectivity index (χ2n) is 2.53. The van der Waals surface area contributed by atoms with Crippen LogP contribution in [0, 0.1) is 6.92 Å². The van der Waals surface area contributed by atoms with Crippen LogP contribution in [-0.2, 0) is 5.75 Å². The number of thioether (sulfide) groups is 1. The minimum atomic E-state index is 0.543. The number of furan rings is 1. The molecule has 0 N–H and O–H groups in total. The lowest BCUT2D eigenvalue weighted by molar-refractivity contribution is 0.528. The Morgan fingerprint density at radius 1 is 1.69 bits per heavy atom. The quantitative estimate of drug-likeness (QED) is 0.315. The van der Waals surface area contributed by atoms with Crippen LogP contribution in [0.4, 0.5) is 0 Å². The molecule has 0 aliphatic heterocycles. The van der Waals surface area contributed by atoms with Crippen molar-refractivity contribution < 1.29 is 4.42 Å². The molecule has 0 spiro atoms. The molecule has 0 unspecified atom stereocenters. The molecule has 0 fully saturated rings. The lowest BCUT2D eigenvalue weighted by Crippen LogP contribution is -1.86. The van der Waals surface area contributed by atoms with Crippen molar-refractivity contribution in [1.29, 1.82) is 0 Å². The first-order chi connectivity index (χ1) is 6.34. The van der Waals surface area contributed by atoms with Crippen LogP contribution in [0.1, 0.15) is 11.3 Å². The molecule has 4 nitrogen and oxygen atoms in total. The Morgan fingerprint density at radius 2 is 2.54 bits per heavy atom. The van der Waals surface area contributed by atoms with E-state index in [1.165, 1.54) is 5.56 Å². The topological polar surface area (TPSA) is 61.9 Å². The fourth-order valence-electron chi connectivity index (χ4n) is 0.867. The first-order valence-corrected chi connectivity index (χ1v) is 5.11. The minimum Gasteiger partial charge on any atom is -0.468 e. The van der Waals surface area contributed by atoms with Crippen molar-refractivity contribution in [3.8, 4) is 0 Å². The molecule has 0 aromatic carbocycles. The molecular weight excluding hydrogens is 186 g/mol. The van der Waals surface area contributed by atoms with E-state index in [0.717, 1.165) is 17.3 Å². The number of azide groups is 1. The van der Waals surface area contributed by atoms with Crippen molar-refractivity contribution in [3.63, 3.8) is 0 Å². The van der Waals surface area contributed by atoms with Gasteiger partial charge in [-0.15, -0.1) is 0 Å². The molecule has 0 bridgehead atoms. The van der Waals surface area contributed by atoms with Gasteiger partial charge in [-0.3, -0.25) is 0 Å². The Morgan fingerprint density at radius 3 is 3.15 bits per heavy atom. The predicted octanol–water partition coefficient (Wildman–Crippen LogP) is 3.13. The number of hydrogen-bond donors (Lipinski definition) is 0. The maximum absolute atomic E-state index is 8.02. The summed E-state index contributed by atoms with van der Waals surface area (Å²) in [5.41, 5.74) is 9.20. The maximum atomic E-state index is 8.02. The van der Waals surface area contributed by atoms with Crippen LogP contribution in [0.25, 0.3) is 10.4 Å². The summed E-state index contributed by atoms with van der Waals surface area (Å²) in [4.78, 5) is 2.68. The van der Waals surface area contributed by atoms with Crippen molar-refractivity contribution >= 4 is 11.8 Å². The van der Waals surface area contributed by atoms with E-state index in [2.05, 4.69) is 10.0 Å². The molecule has 0 saturated heterocycles. The molecule has 0 amide bonds. The highest BCUT2D eigenvalue weighted by molar-refractivity contribution is 7.98. The summed E-state index contributed by atoms with van der Waals surface area (Å²) in [7, 11) is 0. The van der Waals surface area contributed by atoms with E-state index in [9.17, 15) is 0 Å². The molecular formula is C8H11N3OS. The normalized spacial score (nSPS) is 9.62. The number of rotatable bonds is 5. The smallest absolute Gasteiger partial charge is 0.116 e. The molecule has 13 heavy (non-hydrogen) atoms. The van der Waals surface area contributed by atoms with Gasteiger partial charge in [-0.2, -0.15) is 11.8 Å². The van der Waals surface area contributed by atoms with Crippen LogP contribution >= 0.6 is 11.8 Å². The molecule has 0 aliphatic carbocycles. The van der Waals surface area contributed by atoms with E-state index in [1.54, 1.807) is 18.0 Å². The van der Waals surface area contributed by atoms with Gasteiger partial charge in [-0.1, -0.05) is 5.11 Å². The van der Waals surface area contributed by atoms with Crippen LogP contribution in [-0.4, -0.2) is 12.3 Å². The molecule has 0 saturated carbocycles. The fourth-order valence-corrected chi connectivity index (χ4v) is 1.70. The third-order valence-electron chi connectivity index (χ3n) is 1.60. The second-order valence-corrected chi connectivity index (χ2v) is 3.64. The molecule has 0 aliphatic rings. The van der Waals surface area contributed by atoms with Gasteiger partial charge in [0.25, 0.3) is 0 Å². The van der Waals surface area contributed by atoms with Crippen molar-refractivity contribution in [2.45, 2.75) is 12.7 Å². The van der Waals surface area contributed by atoms with Crippen LogP contribution < -0.4 is 0 Å². The molecule has 1 rings (SSSR count). The van der Waals surface area contributed by atoms with Gasteiger partial charge < -0.3 is 4.42 Å². The lowest BCUT2D eigenvalue weighted by Gasteiger charge is -1.96. The van der Waals surface area contributed by atoms with Crippen LogP contribution in [0.3, 0.4) is 0 Å². The second kappa shape index (κ2) is 5.56. The Hall–Kier alpha value is -1.06. The highest BCUT2D eigenvalue weighted by Crippen LogP contribution is 2.16. The van der Waals surface area contributed by atoms with Gasteiger partial charge in [0.1, 0.15) is 5.76 Å². The largest absolute Gasteiger partial charge is 0.468 e. The van der Waals surface area contributed by atoms with Crippen LogP contribution in [0.15, 0.2) is 21.9 Å². The van der Waals surface area contributed by atoms with E-state index in [4.69, 9.17) is 9.95 Å². The van der Waals surface area contributed by atoms with Gasteiger partial charge in [-0.25, -0.2) is 0 Å². The van der Waals surface area contributed by atoms with Crippen LogP contribution in [0.5, 0.6) is 0 Å². The zero-order chi connectivity index (χ0) is 9.52. The van der Waals surface area contributed by atoms with Gasteiger partial charge in [0, 0.05) is 11.5 Å². The first kappa shape index (κ1) is 10.0. The van der Waals surface area contributed by atoms with Gasteiger partial charge in [0.05, 0.1) is 12.0 Å². The number of nitrogens with zero attached hydrogens (tertiary/aromatic N) is 3. The maximum Gasteiger partial charge on any atom is 0.116 e. The summed E-state index contributed by atoms with van der Waals surface area (Å²) in [6.07, 6.45) is 1.69. The molecule has 1 aromatic heterocycles. The van der Waals surface area contributed by atoms with E-state index < -0.39 is 0 Å². The Labute approximate surface area is 80.9 Å². The summed E-state index contributed by atoms with van der Waals surface area (Å²) in [6.45, 7) is 2.56. The predicted molar refractivity (Wildman–Crippen MR) is 53.6 cm³/mol. The summed E-state index contributed by atoms with van der Waals surface area (Å²) in [5.74, 6) is 2.69. The lowest BCUT2D eigenvalue weighted by atomic mass is 10.3. The van der Waals surface area contributed by atoms with Crippen molar-refractivity contribution in [2.75, 3.05) is 12.3 Å². The zero-order valence-corrected chi connectivity index (χ0v) is 8.25. The standard InChI is InChI=1S/C8H11N3OS/c1-7-2-4-12-8(7)6-13-5-3-10-11-9/h2,4H,3,5-6H2,1H3. The molecule has 0 radical (unpaired) electrons. The number of aryl methyl sites for hydroxylation is 1. The fraction of sp³-hybridized carbons (Fsp3) is 0.500. The van der Waals surface area contributed by atoms with Gasteiger partial charge in [0.2, 0.25) is 0 Å².